The Morgan fingerprint density at radius 3 is 1.85 bits per heavy atom. The van der Waals surface area contributed by atoms with E-state index in [1.54, 1.807) is 0 Å². The molecule has 5 rings (SSSR count). The van der Waals surface area contributed by atoms with Crippen molar-refractivity contribution >= 4 is 6.08 Å². The molecule has 0 saturated heterocycles. The largest absolute Gasteiger partial charge is 0.0652 e. The van der Waals surface area contributed by atoms with Crippen LogP contribution in [-0.2, 0) is 0 Å². The van der Waals surface area contributed by atoms with Crippen molar-refractivity contribution in [1.29, 1.82) is 0 Å². The normalized spacial score (nSPS) is 17.6. The van der Waals surface area contributed by atoms with Gasteiger partial charge in [0.05, 0.1) is 0 Å². The van der Waals surface area contributed by atoms with E-state index < -0.39 is 0 Å². The van der Waals surface area contributed by atoms with Gasteiger partial charge in [-0.05, 0) is 53.1 Å². The molecular formula is C26H24. The quantitative estimate of drug-likeness (QED) is 0.474. The van der Waals surface area contributed by atoms with E-state index in [0.29, 0.717) is 11.8 Å². The van der Waals surface area contributed by atoms with Gasteiger partial charge in [0.15, 0.2) is 0 Å². The van der Waals surface area contributed by atoms with Crippen molar-refractivity contribution in [2.45, 2.75) is 38.0 Å². The summed E-state index contributed by atoms with van der Waals surface area (Å²) in [5.41, 5.74) is 10.4. The Bertz CT molecular complexity index is 947. The van der Waals surface area contributed by atoms with Crippen molar-refractivity contribution in [2.75, 3.05) is 0 Å². The van der Waals surface area contributed by atoms with Gasteiger partial charge in [-0.1, -0.05) is 90.9 Å². The Balaban J connectivity index is 1.36. The van der Waals surface area contributed by atoms with E-state index in [4.69, 9.17) is 0 Å². The smallest absolute Gasteiger partial charge is 0.0102 e. The zero-order valence-electron chi connectivity index (χ0n) is 15.3. The lowest BCUT2D eigenvalue weighted by Gasteiger charge is -2.17. The van der Waals surface area contributed by atoms with E-state index in [1.165, 1.54) is 58.2 Å². The predicted molar refractivity (Wildman–Crippen MR) is 110 cm³/mol. The molecule has 0 radical (unpaired) electrons. The highest BCUT2D eigenvalue weighted by Gasteiger charge is 2.28. The van der Waals surface area contributed by atoms with E-state index in [0.717, 1.165) is 0 Å². The van der Waals surface area contributed by atoms with Crippen LogP contribution in [0.5, 0.6) is 0 Å². The van der Waals surface area contributed by atoms with Gasteiger partial charge in [-0.25, -0.2) is 0 Å². The van der Waals surface area contributed by atoms with Gasteiger partial charge < -0.3 is 0 Å². The predicted octanol–water partition coefficient (Wildman–Crippen LogP) is 7.17. The van der Waals surface area contributed by atoms with Gasteiger partial charge in [-0.3, -0.25) is 0 Å². The Kier molecular flexibility index (Phi) is 3.78. The molecular weight excluding hydrogens is 312 g/mol. The van der Waals surface area contributed by atoms with Crippen LogP contribution in [0.15, 0.2) is 78.4 Å². The van der Waals surface area contributed by atoms with Crippen molar-refractivity contribution in [3.8, 4) is 11.1 Å². The molecule has 0 fully saturated rings. The summed E-state index contributed by atoms with van der Waals surface area (Å²) in [5.74, 6) is 1.17. The van der Waals surface area contributed by atoms with Crippen LogP contribution in [-0.4, -0.2) is 0 Å². The number of fused-ring (bicyclic) bond motifs is 4. The standard InChI is InChI=1S/C26H24/c1-18-17-19-9-2-3-10-21(19)20(18)15-8-16-26-24-13-6-4-11-22(24)23-12-5-7-14-25(23)26/h2-7,9-14,17,20,26H,8,15-16H2,1H3. The first kappa shape index (κ1) is 15.6. The fourth-order valence-electron chi connectivity index (χ4n) is 5.03. The maximum absolute atomic E-state index is 2.38. The van der Waals surface area contributed by atoms with Crippen LogP contribution in [0.1, 0.15) is 60.3 Å². The van der Waals surface area contributed by atoms with Crippen LogP contribution in [0, 0.1) is 0 Å². The van der Waals surface area contributed by atoms with E-state index in [1.807, 2.05) is 0 Å². The van der Waals surface area contributed by atoms with Gasteiger partial charge in [0.2, 0.25) is 0 Å². The second kappa shape index (κ2) is 6.29. The summed E-state index contributed by atoms with van der Waals surface area (Å²) < 4.78 is 0. The topological polar surface area (TPSA) is 0 Å². The molecule has 0 saturated carbocycles. The molecule has 0 heteroatoms. The number of rotatable bonds is 4. The van der Waals surface area contributed by atoms with Gasteiger partial charge >= 0.3 is 0 Å². The zero-order chi connectivity index (χ0) is 17.5. The molecule has 0 N–H and O–H groups in total. The molecule has 128 valence electrons. The molecule has 0 aromatic heterocycles. The van der Waals surface area contributed by atoms with Crippen LogP contribution in [0.3, 0.4) is 0 Å². The first-order valence-electron chi connectivity index (χ1n) is 9.78. The van der Waals surface area contributed by atoms with E-state index in [2.05, 4.69) is 85.8 Å². The first-order valence-corrected chi connectivity index (χ1v) is 9.78. The lowest BCUT2D eigenvalue weighted by Crippen LogP contribution is -2.01. The molecule has 2 aliphatic rings. The molecule has 0 heterocycles. The lowest BCUT2D eigenvalue weighted by atomic mass is 9.86. The Hall–Kier alpha value is -2.60. The molecule has 1 atom stereocenters. The lowest BCUT2D eigenvalue weighted by molar-refractivity contribution is 0.595. The molecule has 0 spiro atoms. The number of hydrogen-bond acceptors (Lipinski definition) is 0. The van der Waals surface area contributed by atoms with Crippen LogP contribution in [0.4, 0.5) is 0 Å². The molecule has 2 aliphatic carbocycles. The van der Waals surface area contributed by atoms with E-state index in [-0.39, 0.29) is 0 Å². The van der Waals surface area contributed by atoms with E-state index >= 15 is 0 Å². The molecule has 26 heavy (non-hydrogen) atoms. The average molecular weight is 336 g/mol. The summed E-state index contributed by atoms with van der Waals surface area (Å²) in [4.78, 5) is 0. The molecule has 0 amide bonds. The third-order valence-corrected chi connectivity index (χ3v) is 6.25. The van der Waals surface area contributed by atoms with E-state index in [9.17, 15) is 0 Å². The van der Waals surface area contributed by atoms with Crippen molar-refractivity contribution in [1.82, 2.24) is 0 Å². The molecule has 3 aromatic rings. The molecule has 1 unspecified atom stereocenters. The second-order valence-electron chi connectivity index (χ2n) is 7.73. The summed E-state index contributed by atoms with van der Waals surface area (Å²) in [6.45, 7) is 2.30. The van der Waals surface area contributed by atoms with Gasteiger partial charge in [0.25, 0.3) is 0 Å². The fourth-order valence-corrected chi connectivity index (χ4v) is 5.03. The SMILES string of the molecule is CC1=Cc2ccccc2C1CCCC1c2ccccc2-c2ccccc21. The van der Waals surface area contributed by atoms with Gasteiger partial charge in [0.1, 0.15) is 0 Å². The summed E-state index contributed by atoms with van der Waals surface area (Å²) in [7, 11) is 0. The summed E-state index contributed by atoms with van der Waals surface area (Å²) in [6.07, 6.45) is 6.12. The average Bonchev–Trinajstić information content (AvgIpc) is 3.17. The van der Waals surface area contributed by atoms with Crippen molar-refractivity contribution in [3.63, 3.8) is 0 Å². The number of hydrogen-bond donors (Lipinski definition) is 0. The summed E-state index contributed by atoms with van der Waals surface area (Å²) >= 11 is 0. The Morgan fingerprint density at radius 1 is 0.615 bits per heavy atom. The maximum Gasteiger partial charge on any atom is 0.0102 e. The van der Waals surface area contributed by atoms with Gasteiger partial charge in [-0.15, -0.1) is 0 Å². The van der Waals surface area contributed by atoms with Crippen LogP contribution in [0.25, 0.3) is 17.2 Å². The first-order chi connectivity index (χ1) is 12.8. The van der Waals surface area contributed by atoms with Crippen molar-refractivity contribution in [2.24, 2.45) is 0 Å². The monoisotopic (exact) mass is 336 g/mol. The molecule has 0 aliphatic heterocycles. The summed E-state index contributed by atoms with van der Waals surface area (Å²) in [5, 5.41) is 0. The fraction of sp³-hybridized carbons (Fsp3) is 0.231. The van der Waals surface area contributed by atoms with Crippen molar-refractivity contribution < 1.29 is 0 Å². The zero-order valence-corrected chi connectivity index (χ0v) is 15.3. The number of allylic oxidation sites excluding steroid dienone is 1. The third kappa shape index (κ3) is 2.44. The number of benzene rings is 3. The van der Waals surface area contributed by atoms with Crippen LogP contribution < -0.4 is 0 Å². The maximum atomic E-state index is 2.38. The van der Waals surface area contributed by atoms with Gasteiger partial charge in [0, 0.05) is 11.8 Å². The van der Waals surface area contributed by atoms with Crippen LogP contribution in [0.2, 0.25) is 0 Å². The van der Waals surface area contributed by atoms with Crippen LogP contribution >= 0.6 is 0 Å². The Morgan fingerprint density at radius 2 is 1.15 bits per heavy atom. The molecule has 0 nitrogen and oxygen atoms in total. The highest BCUT2D eigenvalue weighted by Crippen LogP contribution is 2.47. The highest BCUT2D eigenvalue weighted by atomic mass is 14.3. The minimum Gasteiger partial charge on any atom is -0.0652 e. The molecule has 3 aromatic carbocycles. The highest BCUT2D eigenvalue weighted by molar-refractivity contribution is 5.78. The molecule has 0 bridgehead atoms. The minimum atomic E-state index is 0.559. The van der Waals surface area contributed by atoms with Crippen molar-refractivity contribution in [3.05, 3.63) is 101 Å². The second-order valence-corrected chi connectivity index (χ2v) is 7.73. The third-order valence-electron chi connectivity index (χ3n) is 6.25. The summed E-state index contributed by atoms with van der Waals surface area (Å²) in [6, 6.07) is 26.8. The Labute approximate surface area is 156 Å². The minimum absolute atomic E-state index is 0.559. The van der Waals surface area contributed by atoms with Gasteiger partial charge in [-0.2, -0.15) is 0 Å².